The molecule has 2 aromatic rings. The van der Waals surface area contributed by atoms with Crippen LogP contribution in [0.15, 0.2) is 23.0 Å². The maximum absolute atomic E-state index is 12.5. The second kappa shape index (κ2) is 5.08. The zero-order valence-electron chi connectivity index (χ0n) is 10.3. The van der Waals surface area contributed by atoms with Gasteiger partial charge in [0.25, 0.3) is 0 Å². The zero-order valence-corrected chi connectivity index (χ0v) is 10.3. The van der Waals surface area contributed by atoms with Crippen LogP contribution in [0.1, 0.15) is 24.9 Å². The number of hydrogen-bond acceptors (Lipinski definition) is 2. The van der Waals surface area contributed by atoms with Crippen molar-refractivity contribution < 1.29 is 13.2 Å². The van der Waals surface area contributed by atoms with E-state index in [2.05, 4.69) is 15.3 Å². The van der Waals surface area contributed by atoms with Gasteiger partial charge in [-0.15, -0.1) is 0 Å². The number of nitrogens with one attached hydrogen (secondary N) is 3. The summed E-state index contributed by atoms with van der Waals surface area (Å²) in [5.74, 6) is 0. The van der Waals surface area contributed by atoms with Gasteiger partial charge in [0.05, 0.1) is 17.5 Å². The predicted molar refractivity (Wildman–Crippen MR) is 66.0 cm³/mol. The van der Waals surface area contributed by atoms with Crippen LogP contribution in [0.4, 0.5) is 13.2 Å². The summed E-state index contributed by atoms with van der Waals surface area (Å²) in [5, 5.41) is 2.80. The lowest BCUT2D eigenvalue weighted by atomic mass is 10.0. The van der Waals surface area contributed by atoms with Gasteiger partial charge in [0.2, 0.25) is 0 Å². The lowest BCUT2D eigenvalue weighted by Gasteiger charge is -2.20. The fourth-order valence-corrected chi connectivity index (χ4v) is 2.05. The molecular formula is C12H14F3N3O. The maximum atomic E-state index is 12.5. The second-order valence-corrected chi connectivity index (χ2v) is 4.31. The van der Waals surface area contributed by atoms with Crippen molar-refractivity contribution in [2.24, 2.45) is 0 Å². The number of rotatable bonds is 4. The zero-order chi connectivity index (χ0) is 14.0. The number of H-pyrrole nitrogens is 2. The fraction of sp³-hybridized carbons (Fsp3) is 0.417. The Morgan fingerprint density at radius 3 is 2.58 bits per heavy atom. The monoisotopic (exact) mass is 273 g/mol. The van der Waals surface area contributed by atoms with Gasteiger partial charge in [-0.2, -0.15) is 13.2 Å². The van der Waals surface area contributed by atoms with Crippen LogP contribution in [0.5, 0.6) is 0 Å². The van der Waals surface area contributed by atoms with E-state index in [9.17, 15) is 18.0 Å². The number of aromatic nitrogens is 2. The average molecular weight is 273 g/mol. The van der Waals surface area contributed by atoms with Crippen molar-refractivity contribution in [1.29, 1.82) is 0 Å². The second-order valence-electron chi connectivity index (χ2n) is 4.31. The Kier molecular flexibility index (Phi) is 3.66. The van der Waals surface area contributed by atoms with Crippen molar-refractivity contribution in [3.63, 3.8) is 0 Å². The highest BCUT2D eigenvalue weighted by molar-refractivity contribution is 5.75. The largest absolute Gasteiger partial charge is 0.390 e. The molecule has 1 aromatic heterocycles. The number of aromatic amines is 2. The quantitative estimate of drug-likeness (QED) is 0.801. The van der Waals surface area contributed by atoms with E-state index in [0.717, 1.165) is 0 Å². The minimum atomic E-state index is -4.24. The van der Waals surface area contributed by atoms with Crippen LogP contribution >= 0.6 is 0 Å². The molecule has 19 heavy (non-hydrogen) atoms. The lowest BCUT2D eigenvalue weighted by molar-refractivity contribution is -0.140. The Balaban J connectivity index is 2.35. The molecule has 0 bridgehead atoms. The molecule has 0 amide bonds. The van der Waals surface area contributed by atoms with E-state index in [4.69, 9.17) is 0 Å². The van der Waals surface area contributed by atoms with Gasteiger partial charge in [-0.3, -0.25) is 0 Å². The van der Waals surface area contributed by atoms with Gasteiger partial charge in [0.1, 0.15) is 0 Å². The summed E-state index contributed by atoms with van der Waals surface area (Å²) < 4.78 is 37.6. The molecule has 104 valence electrons. The first-order valence-electron chi connectivity index (χ1n) is 5.91. The Morgan fingerprint density at radius 1 is 1.26 bits per heavy atom. The summed E-state index contributed by atoms with van der Waals surface area (Å²) in [5.41, 5.74) is 1.22. The van der Waals surface area contributed by atoms with Crippen molar-refractivity contribution in [3.05, 3.63) is 34.2 Å². The number of halogens is 3. The van der Waals surface area contributed by atoms with Crippen molar-refractivity contribution in [2.45, 2.75) is 25.6 Å². The molecule has 1 unspecified atom stereocenters. The number of fused-ring (bicyclic) bond motifs is 1. The highest BCUT2D eigenvalue weighted by Crippen LogP contribution is 2.30. The smallest absolute Gasteiger partial charge is 0.310 e. The summed E-state index contributed by atoms with van der Waals surface area (Å²) in [6.45, 7) is 2.18. The van der Waals surface area contributed by atoms with Crippen LogP contribution in [0.25, 0.3) is 11.0 Å². The Morgan fingerprint density at radius 2 is 1.95 bits per heavy atom. The highest BCUT2D eigenvalue weighted by atomic mass is 19.4. The number of hydrogen-bond donors (Lipinski definition) is 3. The van der Waals surface area contributed by atoms with Gasteiger partial charge in [0.15, 0.2) is 0 Å². The molecule has 0 saturated carbocycles. The van der Waals surface area contributed by atoms with Crippen molar-refractivity contribution in [1.82, 2.24) is 15.3 Å². The van der Waals surface area contributed by atoms with Crippen LogP contribution in [0, 0.1) is 0 Å². The van der Waals surface area contributed by atoms with Crippen LogP contribution in [-0.2, 0) is 0 Å². The average Bonchev–Trinajstić information content (AvgIpc) is 2.65. The summed E-state index contributed by atoms with van der Waals surface area (Å²) in [7, 11) is 0. The van der Waals surface area contributed by atoms with Crippen LogP contribution in [0.3, 0.4) is 0 Å². The summed E-state index contributed by atoms with van der Waals surface area (Å²) in [6, 6.07) is 3.94. The molecule has 4 nitrogen and oxygen atoms in total. The van der Waals surface area contributed by atoms with Crippen molar-refractivity contribution >= 4 is 11.0 Å². The van der Waals surface area contributed by atoms with Crippen molar-refractivity contribution in [2.75, 3.05) is 6.54 Å². The summed E-state index contributed by atoms with van der Waals surface area (Å²) >= 11 is 0. The Bertz CT molecular complexity index is 614. The molecule has 0 spiro atoms. The molecule has 3 N–H and O–H groups in total. The number of alkyl halides is 3. The SMILES string of the molecule is CCNC(CC(F)(F)F)c1ccc2[nH]c(=O)[nH]c2c1. The molecule has 1 heterocycles. The van der Waals surface area contributed by atoms with Crippen LogP contribution in [-0.4, -0.2) is 22.7 Å². The predicted octanol–water partition coefficient (Wildman–Crippen LogP) is 2.46. The molecule has 0 aliphatic rings. The minimum absolute atomic E-state index is 0.372. The third-order valence-corrected chi connectivity index (χ3v) is 2.83. The van der Waals surface area contributed by atoms with Crippen molar-refractivity contribution in [3.8, 4) is 0 Å². The van der Waals surface area contributed by atoms with Gasteiger partial charge in [-0.05, 0) is 24.2 Å². The van der Waals surface area contributed by atoms with Crippen LogP contribution < -0.4 is 11.0 Å². The standard InChI is InChI=1S/C12H14F3N3O/c1-2-16-10(6-12(13,14)15)7-3-4-8-9(5-7)18-11(19)17-8/h3-5,10,16H,2,6H2,1H3,(H2,17,18,19). The topological polar surface area (TPSA) is 60.7 Å². The molecule has 0 saturated heterocycles. The molecule has 0 aliphatic carbocycles. The number of imidazole rings is 1. The van der Waals surface area contributed by atoms with Gasteiger partial charge >= 0.3 is 11.9 Å². The summed E-state index contributed by atoms with van der Waals surface area (Å²) in [4.78, 5) is 16.2. The number of benzene rings is 1. The van der Waals surface area contributed by atoms with E-state index in [-0.39, 0.29) is 5.69 Å². The minimum Gasteiger partial charge on any atom is -0.310 e. The lowest BCUT2D eigenvalue weighted by Crippen LogP contribution is -2.26. The highest BCUT2D eigenvalue weighted by Gasteiger charge is 2.32. The van der Waals surface area contributed by atoms with E-state index in [1.807, 2.05) is 0 Å². The summed E-state index contributed by atoms with van der Waals surface area (Å²) in [6.07, 6.45) is -5.19. The maximum Gasteiger partial charge on any atom is 0.390 e. The van der Waals surface area contributed by atoms with Crippen LogP contribution in [0.2, 0.25) is 0 Å². The normalized spacial score (nSPS) is 13.9. The van der Waals surface area contributed by atoms with Gasteiger partial charge < -0.3 is 15.3 Å². The van der Waals surface area contributed by atoms with Gasteiger partial charge in [0, 0.05) is 6.04 Å². The molecule has 0 fully saturated rings. The first kappa shape index (κ1) is 13.7. The molecule has 0 radical (unpaired) electrons. The molecular weight excluding hydrogens is 259 g/mol. The molecule has 0 aliphatic heterocycles. The Labute approximate surface area is 107 Å². The molecule has 2 rings (SSSR count). The molecule has 1 atom stereocenters. The first-order chi connectivity index (χ1) is 8.89. The van der Waals surface area contributed by atoms with Gasteiger partial charge in [-0.25, -0.2) is 4.79 Å². The molecule has 1 aromatic carbocycles. The Hall–Kier alpha value is -1.76. The first-order valence-corrected chi connectivity index (χ1v) is 5.91. The van der Waals surface area contributed by atoms with E-state index >= 15 is 0 Å². The third kappa shape index (κ3) is 3.37. The van der Waals surface area contributed by atoms with E-state index in [1.165, 1.54) is 0 Å². The fourth-order valence-electron chi connectivity index (χ4n) is 2.05. The van der Waals surface area contributed by atoms with E-state index in [0.29, 0.717) is 23.1 Å². The third-order valence-electron chi connectivity index (χ3n) is 2.83. The molecule has 7 heteroatoms. The van der Waals surface area contributed by atoms with Gasteiger partial charge in [-0.1, -0.05) is 13.0 Å². The van der Waals surface area contributed by atoms with E-state index < -0.39 is 18.6 Å². The van der Waals surface area contributed by atoms with E-state index in [1.54, 1.807) is 25.1 Å².